The number of hydrogen-bond acceptors (Lipinski definition) is 6. The van der Waals surface area contributed by atoms with Crippen LogP contribution in [-0.4, -0.2) is 43.9 Å². The van der Waals surface area contributed by atoms with Crippen molar-refractivity contribution >= 4 is 10.0 Å². The maximum absolute atomic E-state index is 12.1. The first-order chi connectivity index (χ1) is 9.70. The van der Waals surface area contributed by atoms with Gasteiger partial charge in [-0.05, 0) is 6.42 Å². The Kier molecular flexibility index (Phi) is 5.84. The molecule has 21 heavy (non-hydrogen) atoms. The summed E-state index contributed by atoms with van der Waals surface area (Å²) < 4.78 is 33.1. The minimum atomic E-state index is -4.00. The number of ether oxygens (including phenoxy) is 1. The highest BCUT2D eigenvalue weighted by atomic mass is 32.2. The van der Waals surface area contributed by atoms with Crippen molar-refractivity contribution in [3.63, 3.8) is 0 Å². The Labute approximate surface area is 122 Å². The van der Waals surface area contributed by atoms with Gasteiger partial charge in [-0.1, -0.05) is 0 Å². The van der Waals surface area contributed by atoms with E-state index in [1.54, 1.807) is 0 Å². The highest BCUT2D eigenvalue weighted by Gasteiger charge is 2.21. The lowest BCUT2D eigenvalue weighted by molar-refractivity contribution is 0.177. The van der Waals surface area contributed by atoms with Crippen molar-refractivity contribution in [2.45, 2.75) is 17.4 Å². The fraction of sp³-hybridized carbons (Fsp3) is 0.636. The summed E-state index contributed by atoms with van der Waals surface area (Å²) >= 11 is 0. The average Bonchev–Trinajstić information content (AvgIpc) is 2.40. The molecular formula is C11H20N4O5S. The van der Waals surface area contributed by atoms with Crippen LogP contribution in [0.1, 0.15) is 6.42 Å². The Morgan fingerprint density at radius 2 is 2.00 bits per heavy atom. The molecule has 1 atom stereocenters. The molecule has 0 aliphatic heterocycles. The van der Waals surface area contributed by atoms with Gasteiger partial charge in [0.1, 0.15) is 0 Å². The van der Waals surface area contributed by atoms with E-state index >= 15 is 0 Å². The predicted octanol–water partition coefficient (Wildman–Crippen LogP) is -2.27. The second-order valence-corrected chi connectivity index (χ2v) is 6.39. The molecule has 1 aromatic heterocycles. The van der Waals surface area contributed by atoms with Crippen molar-refractivity contribution in [2.75, 3.05) is 20.3 Å². The first-order valence-electron chi connectivity index (χ1n) is 6.21. The molecule has 0 aliphatic rings. The minimum absolute atomic E-state index is 0.0683. The van der Waals surface area contributed by atoms with Crippen LogP contribution in [0, 0.1) is 0 Å². The largest absolute Gasteiger partial charge is 0.383 e. The summed E-state index contributed by atoms with van der Waals surface area (Å²) in [7, 11) is 0.0862. The van der Waals surface area contributed by atoms with Crippen LogP contribution in [-0.2, 0) is 28.9 Å². The van der Waals surface area contributed by atoms with Crippen molar-refractivity contribution in [3.8, 4) is 0 Å². The number of aromatic nitrogens is 2. The fourth-order valence-electron chi connectivity index (χ4n) is 1.71. The lowest BCUT2D eigenvalue weighted by Gasteiger charge is -2.12. The molecule has 0 spiro atoms. The smallest absolute Gasteiger partial charge is 0.330 e. The SMILES string of the molecule is COCC(N)CCNS(=O)(=O)c1cn(C)c(=O)n(C)c1=O. The van der Waals surface area contributed by atoms with Gasteiger partial charge in [-0.25, -0.2) is 17.9 Å². The van der Waals surface area contributed by atoms with Gasteiger partial charge in [-0.3, -0.25) is 9.36 Å². The summed E-state index contributed by atoms with van der Waals surface area (Å²) in [6.07, 6.45) is 1.36. The van der Waals surface area contributed by atoms with Gasteiger partial charge >= 0.3 is 5.69 Å². The quantitative estimate of drug-likeness (QED) is 0.583. The summed E-state index contributed by atoms with van der Waals surface area (Å²) in [5, 5.41) is 0. The third-order valence-electron chi connectivity index (χ3n) is 2.89. The lowest BCUT2D eigenvalue weighted by atomic mass is 10.2. The lowest BCUT2D eigenvalue weighted by Crippen LogP contribution is -2.42. The Balaban J connectivity index is 2.95. The standard InChI is InChI=1S/C11H20N4O5S/c1-14-6-9(10(16)15(2)11(14)17)21(18,19)13-5-4-8(12)7-20-3/h6,8,13H,4-5,7,12H2,1-3H3. The first-order valence-corrected chi connectivity index (χ1v) is 7.70. The van der Waals surface area contributed by atoms with E-state index in [0.717, 1.165) is 15.3 Å². The van der Waals surface area contributed by atoms with Crippen LogP contribution in [0.4, 0.5) is 0 Å². The number of hydrogen-bond donors (Lipinski definition) is 2. The van der Waals surface area contributed by atoms with Gasteiger partial charge in [0.2, 0.25) is 10.0 Å². The zero-order valence-electron chi connectivity index (χ0n) is 12.2. The van der Waals surface area contributed by atoms with E-state index in [1.807, 2.05) is 0 Å². The molecule has 1 aromatic rings. The molecule has 1 heterocycles. The maximum atomic E-state index is 12.1. The third kappa shape index (κ3) is 4.24. The second kappa shape index (κ2) is 6.98. The average molecular weight is 320 g/mol. The molecule has 9 nitrogen and oxygen atoms in total. The van der Waals surface area contributed by atoms with Gasteiger partial charge in [0.05, 0.1) is 6.61 Å². The van der Waals surface area contributed by atoms with E-state index < -0.39 is 26.2 Å². The summed E-state index contributed by atoms with van der Waals surface area (Å²) in [4.78, 5) is 22.9. The van der Waals surface area contributed by atoms with Crippen LogP contribution in [0.25, 0.3) is 0 Å². The summed E-state index contributed by atoms with van der Waals surface area (Å²) in [6.45, 7) is 0.377. The number of nitrogens with zero attached hydrogens (tertiary/aromatic N) is 2. The summed E-state index contributed by atoms with van der Waals surface area (Å²) in [6, 6.07) is -0.305. The molecule has 0 amide bonds. The monoisotopic (exact) mass is 320 g/mol. The molecule has 0 bridgehead atoms. The normalized spacial score (nSPS) is 13.3. The second-order valence-electron chi connectivity index (χ2n) is 4.65. The molecular weight excluding hydrogens is 300 g/mol. The third-order valence-corrected chi connectivity index (χ3v) is 4.34. The molecule has 0 radical (unpaired) electrons. The molecule has 3 N–H and O–H groups in total. The maximum Gasteiger partial charge on any atom is 0.330 e. The molecule has 120 valence electrons. The van der Waals surface area contributed by atoms with Gasteiger partial charge in [0.15, 0.2) is 4.90 Å². The van der Waals surface area contributed by atoms with Crippen molar-refractivity contribution in [1.29, 1.82) is 0 Å². The van der Waals surface area contributed by atoms with Crippen molar-refractivity contribution in [3.05, 3.63) is 27.0 Å². The van der Waals surface area contributed by atoms with Crippen molar-refractivity contribution < 1.29 is 13.2 Å². The van der Waals surface area contributed by atoms with Gasteiger partial charge < -0.3 is 15.0 Å². The molecule has 1 rings (SSSR count). The van der Waals surface area contributed by atoms with Crippen LogP contribution in [0.3, 0.4) is 0 Å². The highest BCUT2D eigenvalue weighted by molar-refractivity contribution is 7.89. The van der Waals surface area contributed by atoms with E-state index in [-0.39, 0.29) is 12.6 Å². The Bertz CT molecular complexity index is 706. The number of sulfonamides is 1. The number of aryl methyl sites for hydroxylation is 1. The predicted molar refractivity (Wildman–Crippen MR) is 76.6 cm³/mol. The molecule has 0 saturated heterocycles. The molecule has 10 heteroatoms. The number of rotatable bonds is 7. The van der Waals surface area contributed by atoms with Crippen molar-refractivity contribution in [2.24, 2.45) is 19.8 Å². The zero-order valence-corrected chi connectivity index (χ0v) is 13.0. The van der Waals surface area contributed by atoms with Gasteiger partial charge in [0, 0.05) is 40.0 Å². The van der Waals surface area contributed by atoms with E-state index in [1.165, 1.54) is 21.2 Å². The molecule has 1 unspecified atom stereocenters. The minimum Gasteiger partial charge on any atom is -0.383 e. The van der Waals surface area contributed by atoms with Gasteiger partial charge in [-0.2, -0.15) is 0 Å². The van der Waals surface area contributed by atoms with Crippen molar-refractivity contribution in [1.82, 2.24) is 13.9 Å². The number of nitrogens with one attached hydrogen (secondary N) is 1. The van der Waals surface area contributed by atoms with E-state index in [9.17, 15) is 18.0 Å². The van der Waals surface area contributed by atoms with Crippen LogP contribution in [0.15, 0.2) is 20.7 Å². The van der Waals surface area contributed by atoms with Crippen LogP contribution in [0.2, 0.25) is 0 Å². The first kappa shape index (κ1) is 17.6. The van der Waals surface area contributed by atoms with Crippen LogP contribution in [0.5, 0.6) is 0 Å². The highest BCUT2D eigenvalue weighted by Crippen LogP contribution is 2.00. The number of nitrogens with two attached hydrogens (primary N) is 1. The topological polar surface area (TPSA) is 125 Å². The van der Waals surface area contributed by atoms with Crippen LogP contribution >= 0.6 is 0 Å². The van der Waals surface area contributed by atoms with E-state index in [2.05, 4.69) is 4.72 Å². The summed E-state index contributed by atoms with van der Waals surface area (Å²) in [5.41, 5.74) is 4.21. The molecule has 0 aromatic carbocycles. The van der Waals surface area contributed by atoms with E-state index in [4.69, 9.17) is 10.5 Å². The molecule has 0 saturated carbocycles. The van der Waals surface area contributed by atoms with Gasteiger partial charge in [0.25, 0.3) is 5.56 Å². The van der Waals surface area contributed by atoms with E-state index in [0.29, 0.717) is 13.0 Å². The number of methoxy groups -OCH3 is 1. The fourth-order valence-corrected chi connectivity index (χ4v) is 2.92. The Hall–Kier alpha value is -1.49. The summed E-state index contributed by atoms with van der Waals surface area (Å²) in [5.74, 6) is 0. The molecule has 0 fully saturated rings. The Morgan fingerprint density at radius 3 is 2.57 bits per heavy atom. The van der Waals surface area contributed by atoms with Gasteiger partial charge in [-0.15, -0.1) is 0 Å². The molecule has 0 aliphatic carbocycles. The van der Waals surface area contributed by atoms with Crippen LogP contribution < -0.4 is 21.7 Å². The zero-order chi connectivity index (χ0) is 16.2. The Morgan fingerprint density at radius 1 is 1.38 bits per heavy atom.